The number of H-pyrrole nitrogens is 1. The highest BCUT2D eigenvalue weighted by molar-refractivity contribution is 5.90. The first-order valence-electron chi connectivity index (χ1n) is 5.95. The van der Waals surface area contributed by atoms with Gasteiger partial charge in [-0.3, -0.25) is 14.7 Å². The van der Waals surface area contributed by atoms with Gasteiger partial charge in [-0.15, -0.1) is 5.10 Å². The second kappa shape index (κ2) is 6.73. The molecule has 7 heteroatoms. The molecule has 0 aromatic carbocycles. The van der Waals surface area contributed by atoms with Gasteiger partial charge in [0.05, 0.1) is 0 Å². The Kier molecular flexibility index (Phi) is 5.29. The molecule has 0 aliphatic heterocycles. The lowest BCUT2D eigenvalue weighted by atomic mass is 10.3. The van der Waals surface area contributed by atoms with E-state index in [0.717, 1.165) is 12.8 Å². The number of carbonyl (C=O) groups is 2. The fraction of sp³-hybridized carbons (Fsp3) is 0.636. The number of aromatic nitrogens is 3. The Balaban J connectivity index is 2.54. The summed E-state index contributed by atoms with van der Waals surface area (Å²) in [5.41, 5.74) is 0. The predicted molar refractivity (Wildman–Crippen MR) is 66.0 cm³/mol. The lowest BCUT2D eigenvalue weighted by Crippen LogP contribution is -2.32. The lowest BCUT2D eigenvalue weighted by Gasteiger charge is -2.14. The second-order valence-electron chi connectivity index (χ2n) is 4.01. The van der Waals surface area contributed by atoms with Crippen LogP contribution < -0.4 is 5.32 Å². The first kappa shape index (κ1) is 14.1. The molecular formula is C11H19N5O2. The van der Waals surface area contributed by atoms with Gasteiger partial charge >= 0.3 is 0 Å². The fourth-order valence-corrected chi connectivity index (χ4v) is 1.41. The van der Waals surface area contributed by atoms with Crippen LogP contribution >= 0.6 is 0 Å². The topological polar surface area (TPSA) is 91.0 Å². The number of carbonyl (C=O) groups excluding carboxylic acids is 2. The standard InChI is InChI=1S/C11H19N5O2/c1-4-5-8-13-10(15-14-8)11(18)16(3)7-6-9(17)12-2/h4-7H2,1-3H3,(H,12,17)(H,13,14,15). The zero-order valence-corrected chi connectivity index (χ0v) is 11.0. The van der Waals surface area contributed by atoms with E-state index in [-0.39, 0.29) is 24.1 Å². The van der Waals surface area contributed by atoms with Crippen LogP contribution in [0, 0.1) is 0 Å². The van der Waals surface area contributed by atoms with Gasteiger partial charge in [0.25, 0.3) is 5.91 Å². The van der Waals surface area contributed by atoms with E-state index in [9.17, 15) is 9.59 Å². The van der Waals surface area contributed by atoms with Crippen LogP contribution in [-0.2, 0) is 11.2 Å². The number of hydrogen-bond donors (Lipinski definition) is 2. The van der Waals surface area contributed by atoms with E-state index in [1.807, 2.05) is 6.92 Å². The van der Waals surface area contributed by atoms with Crippen LogP contribution in [0.4, 0.5) is 0 Å². The van der Waals surface area contributed by atoms with Gasteiger partial charge in [0.1, 0.15) is 5.82 Å². The highest BCUT2D eigenvalue weighted by Crippen LogP contribution is 2.00. The van der Waals surface area contributed by atoms with E-state index in [0.29, 0.717) is 12.4 Å². The van der Waals surface area contributed by atoms with Crippen molar-refractivity contribution in [3.05, 3.63) is 11.6 Å². The molecule has 0 saturated carbocycles. The summed E-state index contributed by atoms with van der Waals surface area (Å²) < 4.78 is 0. The highest BCUT2D eigenvalue weighted by Gasteiger charge is 2.17. The SMILES string of the molecule is CCCc1nc(C(=O)N(C)CCC(=O)NC)n[nH]1. The minimum atomic E-state index is -0.280. The first-order chi connectivity index (χ1) is 8.58. The van der Waals surface area contributed by atoms with Crippen molar-refractivity contribution in [2.24, 2.45) is 0 Å². The summed E-state index contributed by atoms with van der Waals surface area (Å²) in [6.07, 6.45) is 1.97. The summed E-state index contributed by atoms with van der Waals surface area (Å²) in [5, 5.41) is 9.11. The number of aromatic amines is 1. The molecule has 1 rings (SSSR count). The molecular weight excluding hydrogens is 234 g/mol. The van der Waals surface area contributed by atoms with Crippen molar-refractivity contribution in [2.45, 2.75) is 26.2 Å². The molecule has 0 aliphatic rings. The third kappa shape index (κ3) is 3.83. The maximum absolute atomic E-state index is 11.9. The Labute approximate surface area is 106 Å². The van der Waals surface area contributed by atoms with Crippen LogP contribution in [0.2, 0.25) is 0 Å². The van der Waals surface area contributed by atoms with Crippen molar-refractivity contribution in [1.29, 1.82) is 0 Å². The quantitative estimate of drug-likeness (QED) is 0.744. The average Bonchev–Trinajstić information content (AvgIpc) is 2.83. The summed E-state index contributed by atoms with van der Waals surface area (Å²) >= 11 is 0. The molecule has 0 unspecified atom stereocenters. The molecule has 7 nitrogen and oxygen atoms in total. The molecule has 0 saturated heterocycles. The van der Waals surface area contributed by atoms with Crippen LogP contribution in [-0.4, -0.2) is 52.5 Å². The van der Waals surface area contributed by atoms with Crippen molar-refractivity contribution in [3.8, 4) is 0 Å². The minimum absolute atomic E-state index is 0.101. The van der Waals surface area contributed by atoms with Crippen LogP contribution in [0.3, 0.4) is 0 Å². The normalized spacial score (nSPS) is 10.2. The van der Waals surface area contributed by atoms with Gasteiger partial charge in [0.2, 0.25) is 11.7 Å². The Hall–Kier alpha value is -1.92. The van der Waals surface area contributed by atoms with Gasteiger partial charge in [0.15, 0.2) is 0 Å². The van der Waals surface area contributed by atoms with Crippen LogP contribution in [0.1, 0.15) is 36.2 Å². The van der Waals surface area contributed by atoms with Gasteiger partial charge in [-0.2, -0.15) is 0 Å². The minimum Gasteiger partial charge on any atom is -0.359 e. The van der Waals surface area contributed by atoms with Crippen molar-refractivity contribution in [3.63, 3.8) is 0 Å². The Morgan fingerprint density at radius 3 is 2.78 bits per heavy atom. The number of amides is 2. The second-order valence-corrected chi connectivity index (χ2v) is 4.01. The van der Waals surface area contributed by atoms with Gasteiger partial charge in [-0.25, -0.2) is 4.98 Å². The maximum Gasteiger partial charge on any atom is 0.293 e. The van der Waals surface area contributed by atoms with E-state index in [1.165, 1.54) is 4.90 Å². The van der Waals surface area contributed by atoms with E-state index < -0.39 is 0 Å². The molecule has 2 N–H and O–H groups in total. The molecule has 0 radical (unpaired) electrons. The van der Waals surface area contributed by atoms with Crippen LogP contribution in [0.15, 0.2) is 0 Å². The third-order valence-electron chi connectivity index (χ3n) is 2.51. The van der Waals surface area contributed by atoms with Crippen molar-refractivity contribution < 1.29 is 9.59 Å². The molecule has 1 aromatic heterocycles. The molecule has 0 atom stereocenters. The zero-order valence-electron chi connectivity index (χ0n) is 11.0. The van der Waals surface area contributed by atoms with Gasteiger partial charge in [-0.05, 0) is 6.42 Å². The highest BCUT2D eigenvalue weighted by atomic mass is 16.2. The molecule has 100 valence electrons. The predicted octanol–water partition coefficient (Wildman–Crippen LogP) is -0.0347. The van der Waals surface area contributed by atoms with Gasteiger partial charge in [-0.1, -0.05) is 6.92 Å². The first-order valence-corrected chi connectivity index (χ1v) is 5.95. The maximum atomic E-state index is 11.9. The smallest absolute Gasteiger partial charge is 0.293 e. The van der Waals surface area contributed by atoms with E-state index in [4.69, 9.17) is 0 Å². The fourth-order valence-electron chi connectivity index (χ4n) is 1.41. The zero-order chi connectivity index (χ0) is 13.5. The number of aryl methyl sites for hydroxylation is 1. The monoisotopic (exact) mass is 253 g/mol. The molecule has 0 aliphatic carbocycles. The lowest BCUT2D eigenvalue weighted by molar-refractivity contribution is -0.120. The summed E-state index contributed by atoms with van der Waals surface area (Å²) in [7, 11) is 3.19. The van der Waals surface area contributed by atoms with Crippen molar-refractivity contribution >= 4 is 11.8 Å². The number of nitrogens with zero attached hydrogens (tertiary/aromatic N) is 3. The molecule has 0 spiro atoms. The molecule has 2 amide bonds. The van der Waals surface area contributed by atoms with E-state index in [1.54, 1.807) is 14.1 Å². The summed E-state index contributed by atoms with van der Waals surface area (Å²) in [6, 6.07) is 0. The molecule has 0 fully saturated rings. The van der Waals surface area contributed by atoms with Crippen LogP contribution in [0.5, 0.6) is 0 Å². The summed E-state index contributed by atoms with van der Waals surface area (Å²) in [6.45, 7) is 2.37. The average molecular weight is 253 g/mol. The number of hydrogen-bond acceptors (Lipinski definition) is 4. The Morgan fingerprint density at radius 1 is 1.44 bits per heavy atom. The van der Waals surface area contributed by atoms with Crippen molar-refractivity contribution in [1.82, 2.24) is 25.4 Å². The summed E-state index contributed by atoms with van der Waals surface area (Å²) in [4.78, 5) is 28.5. The Morgan fingerprint density at radius 2 is 2.17 bits per heavy atom. The van der Waals surface area contributed by atoms with Crippen molar-refractivity contribution in [2.75, 3.05) is 20.6 Å². The molecule has 1 aromatic rings. The Bertz CT molecular complexity index is 415. The number of nitrogens with one attached hydrogen (secondary N) is 2. The summed E-state index contributed by atoms with van der Waals surface area (Å²) in [5.74, 6) is 0.479. The van der Waals surface area contributed by atoms with E-state index >= 15 is 0 Å². The molecule has 1 heterocycles. The van der Waals surface area contributed by atoms with Gasteiger partial charge in [0, 0.05) is 33.5 Å². The van der Waals surface area contributed by atoms with Gasteiger partial charge < -0.3 is 10.2 Å². The van der Waals surface area contributed by atoms with E-state index in [2.05, 4.69) is 20.5 Å². The third-order valence-corrected chi connectivity index (χ3v) is 2.51. The largest absolute Gasteiger partial charge is 0.359 e. The molecule has 0 bridgehead atoms. The number of rotatable bonds is 6. The molecule has 18 heavy (non-hydrogen) atoms. The van der Waals surface area contributed by atoms with Crippen LogP contribution in [0.25, 0.3) is 0 Å².